The number of hydrogen-bond donors (Lipinski definition) is 1. The van der Waals surface area contributed by atoms with Crippen molar-refractivity contribution in [2.45, 2.75) is 26.7 Å². The van der Waals surface area contributed by atoms with Crippen LogP contribution in [0.3, 0.4) is 0 Å². The van der Waals surface area contributed by atoms with Gasteiger partial charge in [-0.1, -0.05) is 16.5 Å². The first-order valence-electron chi connectivity index (χ1n) is 11.8. The van der Waals surface area contributed by atoms with E-state index in [2.05, 4.69) is 20.4 Å². The molecule has 35 heavy (non-hydrogen) atoms. The van der Waals surface area contributed by atoms with Crippen molar-refractivity contribution in [3.8, 4) is 22.8 Å². The van der Waals surface area contributed by atoms with E-state index in [0.717, 1.165) is 40.4 Å². The van der Waals surface area contributed by atoms with Crippen molar-refractivity contribution in [1.82, 2.24) is 15.1 Å². The van der Waals surface area contributed by atoms with Crippen LogP contribution in [0.25, 0.3) is 21.6 Å². The Balaban J connectivity index is 1.26. The van der Waals surface area contributed by atoms with E-state index in [1.807, 2.05) is 44.2 Å². The number of amides is 1. The fourth-order valence-electron chi connectivity index (χ4n) is 4.16. The van der Waals surface area contributed by atoms with Crippen molar-refractivity contribution in [3.05, 3.63) is 42.6 Å². The lowest BCUT2D eigenvalue weighted by Gasteiger charge is -2.31. The highest BCUT2D eigenvalue weighted by Crippen LogP contribution is 2.34. The summed E-state index contributed by atoms with van der Waals surface area (Å²) in [6.07, 6.45) is 3.49. The standard InChI is InChI=1S/C25H27N5O4S/c1-3-32-20-10-9-16(13-21(20)33-4-2)19-14-22(34-29-19)28-23(31)17-7-6-12-30(15-17)25-27-18-8-5-11-26-24(18)35-25/h5,8-11,13-14,17H,3-4,6-7,12,15H2,1-2H3,(H,28,31)/t17-/m0/s1. The second kappa shape index (κ2) is 10.3. The van der Waals surface area contributed by atoms with E-state index in [0.29, 0.717) is 42.8 Å². The van der Waals surface area contributed by atoms with Gasteiger partial charge in [-0.25, -0.2) is 9.97 Å². The van der Waals surface area contributed by atoms with E-state index in [1.165, 1.54) is 0 Å². The van der Waals surface area contributed by atoms with Gasteiger partial charge in [-0.15, -0.1) is 0 Å². The van der Waals surface area contributed by atoms with Gasteiger partial charge in [0.2, 0.25) is 11.8 Å². The molecule has 0 saturated carbocycles. The van der Waals surface area contributed by atoms with Gasteiger partial charge in [-0.3, -0.25) is 10.1 Å². The van der Waals surface area contributed by atoms with Gasteiger partial charge in [0.1, 0.15) is 16.0 Å². The molecule has 1 aliphatic heterocycles. The number of benzene rings is 1. The first-order valence-corrected chi connectivity index (χ1v) is 12.6. The number of thiazole rings is 1. The maximum absolute atomic E-state index is 13.0. The Hall–Kier alpha value is -3.66. The summed E-state index contributed by atoms with van der Waals surface area (Å²) in [5, 5.41) is 7.93. The number of anilines is 2. The normalized spacial score (nSPS) is 15.8. The number of carbonyl (C=O) groups excluding carboxylic acids is 1. The largest absolute Gasteiger partial charge is 0.490 e. The summed E-state index contributed by atoms with van der Waals surface area (Å²) in [5.74, 6) is 1.39. The number of carbonyl (C=O) groups is 1. The lowest BCUT2D eigenvalue weighted by Crippen LogP contribution is -2.40. The van der Waals surface area contributed by atoms with E-state index >= 15 is 0 Å². The van der Waals surface area contributed by atoms with Crippen molar-refractivity contribution in [1.29, 1.82) is 0 Å². The maximum atomic E-state index is 13.0. The fraction of sp³-hybridized carbons (Fsp3) is 0.360. The predicted molar refractivity (Wildman–Crippen MR) is 135 cm³/mol. The molecular weight excluding hydrogens is 466 g/mol. The molecule has 3 aromatic heterocycles. The topological polar surface area (TPSA) is 103 Å². The summed E-state index contributed by atoms with van der Waals surface area (Å²) < 4.78 is 16.8. The van der Waals surface area contributed by atoms with Crippen LogP contribution in [-0.2, 0) is 4.79 Å². The second-order valence-corrected chi connectivity index (χ2v) is 9.16. The van der Waals surface area contributed by atoms with Gasteiger partial charge in [0.25, 0.3) is 0 Å². The van der Waals surface area contributed by atoms with E-state index in [9.17, 15) is 4.79 Å². The number of rotatable bonds is 8. The first kappa shape index (κ1) is 23.1. The van der Waals surface area contributed by atoms with Crippen LogP contribution in [-0.4, -0.2) is 47.3 Å². The summed E-state index contributed by atoms with van der Waals surface area (Å²) >= 11 is 1.56. The molecule has 0 spiro atoms. The molecule has 0 radical (unpaired) electrons. The van der Waals surface area contributed by atoms with Crippen LogP contribution in [0.5, 0.6) is 11.5 Å². The average Bonchev–Trinajstić information content (AvgIpc) is 3.53. The summed E-state index contributed by atoms with van der Waals surface area (Å²) in [6.45, 7) is 6.40. The molecule has 5 rings (SSSR count). The molecule has 0 aliphatic carbocycles. The molecular formula is C25H27N5O4S. The zero-order chi connectivity index (χ0) is 24.2. The van der Waals surface area contributed by atoms with E-state index in [-0.39, 0.29) is 11.8 Å². The molecule has 1 saturated heterocycles. The van der Waals surface area contributed by atoms with Crippen LogP contribution >= 0.6 is 11.3 Å². The molecule has 182 valence electrons. The molecule has 1 N–H and O–H groups in total. The van der Waals surface area contributed by atoms with Crippen LogP contribution in [0.15, 0.2) is 47.1 Å². The number of fused-ring (bicyclic) bond motifs is 1. The minimum absolute atomic E-state index is 0.0849. The van der Waals surface area contributed by atoms with Crippen LogP contribution < -0.4 is 19.7 Å². The third-order valence-electron chi connectivity index (χ3n) is 5.81. The van der Waals surface area contributed by atoms with E-state index < -0.39 is 0 Å². The lowest BCUT2D eigenvalue weighted by molar-refractivity contribution is -0.120. The highest BCUT2D eigenvalue weighted by molar-refractivity contribution is 7.21. The Labute approximate surface area is 207 Å². The molecule has 4 heterocycles. The number of hydrogen-bond acceptors (Lipinski definition) is 9. The third-order valence-corrected chi connectivity index (χ3v) is 6.85. The molecule has 0 bridgehead atoms. The number of nitrogens with zero attached hydrogens (tertiary/aromatic N) is 4. The van der Waals surface area contributed by atoms with Crippen molar-refractivity contribution in [2.24, 2.45) is 5.92 Å². The number of aromatic nitrogens is 3. The number of nitrogens with one attached hydrogen (secondary N) is 1. The quantitative estimate of drug-likeness (QED) is 0.366. The summed E-state index contributed by atoms with van der Waals surface area (Å²) in [7, 11) is 0. The fourth-order valence-corrected chi connectivity index (χ4v) is 5.11. The minimum Gasteiger partial charge on any atom is -0.490 e. The Kier molecular flexibility index (Phi) is 6.80. The van der Waals surface area contributed by atoms with Gasteiger partial charge in [0, 0.05) is 30.9 Å². The van der Waals surface area contributed by atoms with Crippen LogP contribution in [0.1, 0.15) is 26.7 Å². The molecule has 0 unspecified atom stereocenters. The van der Waals surface area contributed by atoms with Crippen molar-refractivity contribution >= 4 is 38.6 Å². The second-order valence-electron chi connectivity index (χ2n) is 8.20. The summed E-state index contributed by atoms with van der Waals surface area (Å²) in [6, 6.07) is 11.2. The molecule has 1 aliphatic rings. The molecule has 9 nitrogen and oxygen atoms in total. The molecule has 10 heteroatoms. The van der Waals surface area contributed by atoms with Gasteiger partial charge in [0.15, 0.2) is 16.6 Å². The highest BCUT2D eigenvalue weighted by Gasteiger charge is 2.28. The molecule has 1 amide bonds. The van der Waals surface area contributed by atoms with Crippen LogP contribution in [0, 0.1) is 5.92 Å². The van der Waals surface area contributed by atoms with Crippen LogP contribution in [0.2, 0.25) is 0 Å². The minimum atomic E-state index is -0.174. The third kappa shape index (κ3) is 5.07. The van der Waals surface area contributed by atoms with Gasteiger partial charge < -0.3 is 18.9 Å². The highest BCUT2D eigenvalue weighted by atomic mass is 32.1. The summed E-state index contributed by atoms with van der Waals surface area (Å²) in [5.41, 5.74) is 2.31. The average molecular weight is 494 g/mol. The predicted octanol–water partition coefficient (Wildman–Crippen LogP) is 5.00. The summed E-state index contributed by atoms with van der Waals surface area (Å²) in [4.78, 5) is 25.2. The lowest BCUT2D eigenvalue weighted by atomic mass is 9.97. The van der Waals surface area contributed by atoms with Crippen molar-refractivity contribution in [2.75, 3.05) is 36.5 Å². The first-order chi connectivity index (χ1) is 17.1. The van der Waals surface area contributed by atoms with Crippen molar-refractivity contribution < 1.29 is 18.8 Å². The zero-order valence-corrected chi connectivity index (χ0v) is 20.5. The molecule has 1 fully saturated rings. The van der Waals surface area contributed by atoms with Gasteiger partial charge in [0.05, 0.1) is 19.1 Å². The van der Waals surface area contributed by atoms with Crippen molar-refractivity contribution in [3.63, 3.8) is 0 Å². The Bertz CT molecular complexity index is 1290. The zero-order valence-electron chi connectivity index (χ0n) is 19.7. The number of pyridine rings is 1. The SMILES string of the molecule is CCOc1ccc(-c2cc(NC(=O)[C@H]3CCCN(c4nc5cccnc5s4)C3)on2)cc1OCC. The Morgan fingerprint density at radius 1 is 1.20 bits per heavy atom. The van der Waals surface area contributed by atoms with E-state index in [4.69, 9.17) is 19.0 Å². The number of ether oxygens (including phenoxy) is 2. The van der Waals surface area contributed by atoms with Crippen LogP contribution in [0.4, 0.5) is 11.0 Å². The molecule has 4 aromatic rings. The van der Waals surface area contributed by atoms with Gasteiger partial charge in [-0.2, -0.15) is 0 Å². The Morgan fingerprint density at radius 3 is 2.89 bits per heavy atom. The van der Waals surface area contributed by atoms with Gasteiger partial charge in [-0.05, 0) is 57.0 Å². The molecule has 1 aromatic carbocycles. The van der Waals surface area contributed by atoms with Gasteiger partial charge >= 0.3 is 0 Å². The molecule has 1 atom stereocenters. The maximum Gasteiger partial charge on any atom is 0.231 e. The number of piperidine rings is 1. The Morgan fingerprint density at radius 2 is 2.06 bits per heavy atom. The monoisotopic (exact) mass is 493 g/mol. The van der Waals surface area contributed by atoms with E-state index in [1.54, 1.807) is 23.6 Å². The smallest absolute Gasteiger partial charge is 0.231 e.